The Labute approximate surface area is 212 Å². The molecular weight excluding hydrogens is 478 g/mol. The third-order valence-electron chi connectivity index (χ3n) is 5.22. The number of nitrogens with one attached hydrogen (secondary N) is 1. The standard InChI is InChI=1S/C28H20ClN3O2S/c1-18(33)21-8-5-9-23(14-21)31-27(34)17-35-28-25(16-30)24(19-10-12-22(29)13-11-19)15-26(32-28)20-6-3-2-4-7-20/h2-15H,17H2,1H3,(H,31,34). The minimum absolute atomic E-state index is 0.0459. The van der Waals surface area contributed by atoms with Crippen LogP contribution in [0.5, 0.6) is 0 Å². The molecule has 0 atom stereocenters. The van der Waals surface area contributed by atoms with Crippen LogP contribution < -0.4 is 5.32 Å². The zero-order chi connectivity index (χ0) is 24.8. The molecule has 1 amide bonds. The second-order valence-electron chi connectivity index (χ2n) is 7.69. The van der Waals surface area contributed by atoms with Gasteiger partial charge in [-0.2, -0.15) is 5.26 Å². The van der Waals surface area contributed by atoms with Gasteiger partial charge in [0.15, 0.2) is 5.78 Å². The van der Waals surface area contributed by atoms with E-state index in [0.29, 0.717) is 32.6 Å². The monoisotopic (exact) mass is 497 g/mol. The van der Waals surface area contributed by atoms with Crippen molar-refractivity contribution in [2.75, 3.05) is 11.1 Å². The second-order valence-corrected chi connectivity index (χ2v) is 9.09. The summed E-state index contributed by atoms with van der Waals surface area (Å²) in [7, 11) is 0. The predicted octanol–water partition coefficient (Wildman–Crippen LogP) is 6.87. The Bertz CT molecular complexity index is 1430. The molecule has 1 aromatic heterocycles. The van der Waals surface area contributed by atoms with Crippen molar-refractivity contribution in [1.29, 1.82) is 5.26 Å². The second kappa shape index (κ2) is 11.0. The summed E-state index contributed by atoms with van der Waals surface area (Å²) in [5, 5.41) is 13.9. The van der Waals surface area contributed by atoms with Gasteiger partial charge in [0.1, 0.15) is 11.1 Å². The van der Waals surface area contributed by atoms with Crippen LogP contribution >= 0.6 is 23.4 Å². The molecule has 0 aliphatic heterocycles. The number of anilines is 1. The molecule has 0 saturated carbocycles. The van der Waals surface area contributed by atoms with Crippen molar-refractivity contribution in [3.8, 4) is 28.5 Å². The Hall–Kier alpha value is -3.92. The molecule has 0 aliphatic carbocycles. The van der Waals surface area contributed by atoms with E-state index in [1.165, 1.54) is 18.7 Å². The number of halogens is 1. The van der Waals surface area contributed by atoms with Crippen LogP contribution in [0.3, 0.4) is 0 Å². The van der Waals surface area contributed by atoms with Crippen LogP contribution in [0.25, 0.3) is 22.4 Å². The zero-order valence-electron chi connectivity index (χ0n) is 18.8. The molecule has 172 valence electrons. The lowest BCUT2D eigenvalue weighted by Gasteiger charge is -2.13. The number of Topliss-reactive ketones (excluding diaryl/α,β-unsaturated/α-hetero) is 1. The molecule has 0 spiro atoms. The van der Waals surface area contributed by atoms with Gasteiger partial charge >= 0.3 is 0 Å². The van der Waals surface area contributed by atoms with Crippen molar-refractivity contribution in [2.45, 2.75) is 11.9 Å². The first kappa shape index (κ1) is 24.2. The maximum atomic E-state index is 12.7. The Morgan fingerprint density at radius 2 is 1.71 bits per heavy atom. The van der Waals surface area contributed by atoms with E-state index in [-0.39, 0.29) is 17.4 Å². The number of rotatable bonds is 7. The van der Waals surface area contributed by atoms with Gasteiger partial charge in [-0.05, 0) is 42.8 Å². The molecule has 4 rings (SSSR count). The Morgan fingerprint density at radius 1 is 0.971 bits per heavy atom. The van der Waals surface area contributed by atoms with Crippen molar-refractivity contribution in [1.82, 2.24) is 4.98 Å². The van der Waals surface area contributed by atoms with E-state index in [0.717, 1.165) is 16.7 Å². The summed E-state index contributed by atoms with van der Waals surface area (Å²) in [5.74, 6) is -0.296. The number of ketones is 1. The highest BCUT2D eigenvalue weighted by Crippen LogP contribution is 2.34. The van der Waals surface area contributed by atoms with Gasteiger partial charge in [0, 0.05) is 27.4 Å². The number of thioether (sulfide) groups is 1. The van der Waals surface area contributed by atoms with Crippen LogP contribution in [0.4, 0.5) is 5.69 Å². The lowest BCUT2D eigenvalue weighted by atomic mass is 9.99. The molecule has 5 nitrogen and oxygen atoms in total. The summed E-state index contributed by atoms with van der Waals surface area (Å²) in [4.78, 5) is 29.0. The third kappa shape index (κ3) is 5.96. The molecule has 0 fully saturated rings. The topological polar surface area (TPSA) is 82.8 Å². The van der Waals surface area contributed by atoms with Gasteiger partial charge in [-0.25, -0.2) is 4.98 Å². The fourth-order valence-electron chi connectivity index (χ4n) is 3.49. The molecule has 7 heteroatoms. The Balaban J connectivity index is 1.65. The van der Waals surface area contributed by atoms with E-state index >= 15 is 0 Å². The van der Waals surface area contributed by atoms with Gasteiger partial charge in [0.05, 0.1) is 17.0 Å². The quantitative estimate of drug-likeness (QED) is 0.222. The van der Waals surface area contributed by atoms with Crippen LogP contribution in [0.1, 0.15) is 22.8 Å². The SMILES string of the molecule is CC(=O)c1cccc(NC(=O)CSc2nc(-c3ccccc3)cc(-c3ccc(Cl)cc3)c2C#N)c1. The number of benzene rings is 3. The average Bonchev–Trinajstić information content (AvgIpc) is 2.88. The summed E-state index contributed by atoms with van der Waals surface area (Å²) in [5.41, 5.74) is 4.60. The van der Waals surface area contributed by atoms with Crippen molar-refractivity contribution in [2.24, 2.45) is 0 Å². The van der Waals surface area contributed by atoms with E-state index in [4.69, 9.17) is 16.6 Å². The number of carbonyl (C=O) groups is 2. The molecule has 0 unspecified atom stereocenters. The third-order valence-corrected chi connectivity index (χ3v) is 6.44. The van der Waals surface area contributed by atoms with Crippen LogP contribution in [0.15, 0.2) is 90.0 Å². The minimum Gasteiger partial charge on any atom is -0.325 e. The Morgan fingerprint density at radius 3 is 2.40 bits per heavy atom. The van der Waals surface area contributed by atoms with E-state index in [1.54, 1.807) is 36.4 Å². The Kier molecular flexibility index (Phi) is 7.61. The number of hydrogen-bond acceptors (Lipinski definition) is 5. The number of aromatic nitrogens is 1. The van der Waals surface area contributed by atoms with Crippen LogP contribution in [0.2, 0.25) is 5.02 Å². The van der Waals surface area contributed by atoms with E-state index < -0.39 is 0 Å². The molecule has 3 aromatic carbocycles. The summed E-state index contributed by atoms with van der Waals surface area (Å²) < 4.78 is 0. The first-order chi connectivity index (χ1) is 16.9. The molecule has 0 aliphatic rings. The number of nitriles is 1. The largest absolute Gasteiger partial charge is 0.325 e. The minimum atomic E-state index is -0.264. The highest BCUT2D eigenvalue weighted by atomic mass is 35.5. The maximum absolute atomic E-state index is 12.7. The van der Waals surface area contributed by atoms with Crippen molar-refractivity contribution in [3.63, 3.8) is 0 Å². The molecule has 35 heavy (non-hydrogen) atoms. The fourth-order valence-corrected chi connectivity index (χ4v) is 4.42. The van der Waals surface area contributed by atoms with Crippen LogP contribution in [-0.4, -0.2) is 22.4 Å². The zero-order valence-corrected chi connectivity index (χ0v) is 20.4. The molecular formula is C28H20ClN3O2S. The van der Waals surface area contributed by atoms with Crippen molar-refractivity contribution in [3.05, 3.63) is 101 Å². The normalized spacial score (nSPS) is 10.4. The molecule has 4 aromatic rings. The maximum Gasteiger partial charge on any atom is 0.234 e. The molecule has 0 saturated heterocycles. The molecule has 0 radical (unpaired) electrons. The summed E-state index contributed by atoms with van der Waals surface area (Å²) in [6, 6.07) is 27.9. The van der Waals surface area contributed by atoms with Crippen LogP contribution in [-0.2, 0) is 4.79 Å². The summed E-state index contributed by atoms with van der Waals surface area (Å²) in [6.07, 6.45) is 0. The van der Waals surface area contributed by atoms with E-state index in [9.17, 15) is 14.9 Å². The number of amides is 1. The lowest BCUT2D eigenvalue weighted by molar-refractivity contribution is -0.113. The lowest BCUT2D eigenvalue weighted by Crippen LogP contribution is -2.14. The van der Waals surface area contributed by atoms with E-state index in [1.807, 2.05) is 48.5 Å². The predicted molar refractivity (Wildman–Crippen MR) is 141 cm³/mol. The summed E-state index contributed by atoms with van der Waals surface area (Å²) >= 11 is 7.26. The van der Waals surface area contributed by atoms with Gasteiger partial charge in [-0.3, -0.25) is 9.59 Å². The number of carbonyl (C=O) groups excluding carboxylic acids is 2. The van der Waals surface area contributed by atoms with Gasteiger partial charge in [0.2, 0.25) is 5.91 Å². The number of nitrogens with zero attached hydrogens (tertiary/aromatic N) is 2. The first-order valence-corrected chi connectivity index (χ1v) is 12.1. The van der Waals surface area contributed by atoms with E-state index in [2.05, 4.69) is 11.4 Å². The van der Waals surface area contributed by atoms with Crippen molar-refractivity contribution >= 4 is 40.7 Å². The molecule has 0 bridgehead atoms. The van der Waals surface area contributed by atoms with Crippen LogP contribution in [0, 0.1) is 11.3 Å². The highest BCUT2D eigenvalue weighted by Gasteiger charge is 2.17. The smallest absolute Gasteiger partial charge is 0.234 e. The molecule has 1 heterocycles. The summed E-state index contributed by atoms with van der Waals surface area (Å²) in [6.45, 7) is 1.48. The van der Waals surface area contributed by atoms with Gasteiger partial charge in [-0.15, -0.1) is 0 Å². The fraction of sp³-hybridized carbons (Fsp3) is 0.0714. The van der Waals surface area contributed by atoms with Gasteiger partial charge in [0.25, 0.3) is 0 Å². The molecule has 1 N–H and O–H groups in total. The average molecular weight is 498 g/mol. The first-order valence-electron chi connectivity index (χ1n) is 10.7. The van der Waals surface area contributed by atoms with Gasteiger partial charge < -0.3 is 5.32 Å². The van der Waals surface area contributed by atoms with Gasteiger partial charge in [-0.1, -0.05) is 78.0 Å². The number of pyridine rings is 1. The van der Waals surface area contributed by atoms with Crippen molar-refractivity contribution < 1.29 is 9.59 Å². The highest BCUT2D eigenvalue weighted by molar-refractivity contribution is 8.00. The number of hydrogen-bond donors (Lipinski definition) is 1.